The fourth-order valence-electron chi connectivity index (χ4n) is 1.73. The van der Waals surface area contributed by atoms with Gasteiger partial charge < -0.3 is 15.4 Å². The average molecular weight is 394 g/mol. The molecule has 7 heteroatoms. The lowest BCUT2D eigenvalue weighted by Crippen LogP contribution is -2.42. The van der Waals surface area contributed by atoms with Gasteiger partial charge in [-0.1, -0.05) is 0 Å². The number of pyridine rings is 1. The van der Waals surface area contributed by atoms with Gasteiger partial charge in [-0.05, 0) is 11.6 Å². The van der Waals surface area contributed by atoms with Gasteiger partial charge in [-0.3, -0.25) is 0 Å². The van der Waals surface area contributed by atoms with Crippen LogP contribution in [0.5, 0.6) is 5.88 Å². The number of thioether (sulfide) groups is 1. The molecule has 5 nitrogen and oxygen atoms in total. The Kier molecular flexibility index (Phi) is 7.29. The standard InChI is InChI=1S/C12H18N4OS.HI/c1-17-11-8-10(2-3-14-11)9-15-12(13)16-4-6-18-7-5-16;/h2-3,8H,4-7,9H2,1H3,(H2,13,15);1H. The van der Waals surface area contributed by atoms with Crippen LogP contribution in [-0.2, 0) is 6.54 Å². The molecule has 1 saturated heterocycles. The van der Waals surface area contributed by atoms with Crippen molar-refractivity contribution in [1.29, 1.82) is 0 Å². The average Bonchev–Trinajstić information content (AvgIpc) is 2.46. The van der Waals surface area contributed by atoms with Crippen LogP contribution >= 0.6 is 35.7 Å². The maximum absolute atomic E-state index is 5.99. The van der Waals surface area contributed by atoms with Crippen LogP contribution in [0.25, 0.3) is 0 Å². The van der Waals surface area contributed by atoms with E-state index in [1.54, 1.807) is 13.3 Å². The summed E-state index contributed by atoms with van der Waals surface area (Å²) in [4.78, 5) is 10.6. The summed E-state index contributed by atoms with van der Waals surface area (Å²) in [5.41, 5.74) is 7.04. The minimum Gasteiger partial charge on any atom is -0.481 e. The normalized spacial score (nSPS) is 15.8. The van der Waals surface area contributed by atoms with Gasteiger partial charge in [-0.25, -0.2) is 9.98 Å². The summed E-state index contributed by atoms with van der Waals surface area (Å²) < 4.78 is 5.07. The fraction of sp³-hybridized carbons (Fsp3) is 0.500. The van der Waals surface area contributed by atoms with E-state index in [0.29, 0.717) is 18.4 Å². The van der Waals surface area contributed by atoms with Gasteiger partial charge in [0.1, 0.15) is 0 Å². The zero-order chi connectivity index (χ0) is 12.8. The predicted molar refractivity (Wildman–Crippen MR) is 90.4 cm³/mol. The number of nitrogens with zero attached hydrogens (tertiary/aromatic N) is 3. The van der Waals surface area contributed by atoms with E-state index in [0.717, 1.165) is 30.2 Å². The second-order valence-electron chi connectivity index (χ2n) is 3.98. The molecule has 0 saturated carbocycles. The highest BCUT2D eigenvalue weighted by Crippen LogP contribution is 2.11. The molecule has 0 atom stereocenters. The molecular formula is C12H19IN4OS. The van der Waals surface area contributed by atoms with E-state index in [1.165, 1.54) is 0 Å². The first-order chi connectivity index (χ1) is 8.79. The minimum atomic E-state index is 0. The third kappa shape index (κ3) is 5.06. The molecule has 1 aliphatic rings. The minimum absolute atomic E-state index is 0. The largest absolute Gasteiger partial charge is 0.481 e. The van der Waals surface area contributed by atoms with Gasteiger partial charge in [0.15, 0.2) is 5.96 Å². The van der Waals surface area contributed by atoms with Crippen LogP contribution in [0.4, 0.5) is 0 Å². The monoisotopic (exact) mass is 394 g/mol. The molecule has 0 amide bonds. The SMILES string of the molecule is COc1cc(CN=C(N)N2CCSCC2)ccn1.I. The van der Waals surface area contributed by atoms with Gasteiger partial charge in [0.25, 0.3) is 0 Å². The van der Waals surface area contributed by atoms with Gasteiger partial charge >= 0.3 is 0 Å². The van der Waals surface area contributed by atoms with Crippen LogP contribution in [0.3, 0.4) is 0 Å². The lowest BCUT2D eigenvalue weighted by atomic mass is 10.3. The number of rotatable bonds is 3. The first-order valence-corrected chi connectivity index (χ1v) is 7.06. The summed E-state index contributed by atoms with van der Waals surface area (Å²) in [6, 6.07) is 3.80. The lowest BCUT2D eigenvalue weighted by Gasteiger charge is -2.27. The fourth-order valence-corrected chi connectivity index (χ4v) is 2.63. The second-order valence-corrected chi connectivity index (χ2v) is 5.21. The Hall–Kier alpha value is -0.700. The number of aliphatic imine (C=N–C) groups is 1. The topological polar surface area (TPSA) is 63.7 Å². The van der Waals surface area contributed by atoms with Crippen LogP contribution in [0.1, 0.15) is 5.56 Å². The van der Waals surface area contributed by atoms with Gasteiger partial charge in [-0.15, -0.1) is 24.0 Å². The van der Waals surface area contributed by atoms with E-state index in [4.69, 9.17) is 10.5 Å². The highest BCUT2D eigenvalue weighted by molar-refractivity contribution is 14.0. The molecule has 1 aromatic heterocycles. The molecule has 0 aliphatic carbocycles. The van der Waals surface area contributed by atoms with Crippen molar-refractivity contribution in [2.75, 3.05) is 31.7 Å². The van der Waals surface area contributed by atoms with Crippen molar-refractivity contribution in [1.82, 2.24) is 9.88 Å². The van der Waals surface area contributed by atoms with Crippen LogP contribution in [-0.4, -0.2) is 47.5 Å². The molecule has 0 aromatic carbocycles. The highest BCUT2D eigenvalue weighted by Gasteiger charge is 2.11. The molecule has 19 heavy (non-hydrogen) atoms. The van der Waals surface area contributed by atoms with Crippen molar-refractivity contribution in [2.45, 2.75) is 6.54 Å². The number of guanidine groups is 1. The zero-order valence-corrected chi connectivity index (χ0v) is 14.1. The number of hydrogen-bond acceptors (Lipinski definition) is 4. The number of hydrogen-bond donors (Lipinski definition) is 1. The maximum Gasteiger partial charge on any atom is 0.213 e. The summed E-state index contributed by atoms with van der Waals surface area (Å²) in [5, 5.41) is 0. The smallest absolute Gasteiger partial charge is 0.213 e. The Labute approximate surface area is 135 Å². The van der Waals surface area contributed by atoms with Crippen LogP contribution in [0.15, 0.2) is 23.3 Å². The number of methoxy groups -OCH3 is 1. The highest BCUT2D eigenvalue weighted by atomic mass is 127. The second kappa shape index (κ2) is 8.47. The van der Waals surface area contributed by atoms with Crippen molar-refractivity contribution in [2.24, 2.45) is 10.7 Å². The molecule has 1 aliphatic heterocycles. The molecule has 106 valence electrons. The molecule has 0 spiro atoms. The molecule has 2 heterocycles. The maximum atomic E-state index is 5.99. The first kappa shape index (κ1) is 16.4. The Morgan fingerprint density at radius 1 is 1.53 bits per heavy atom. The van der Waals surface area contributed by atoms with Crippen molar-refractivity contribution < 1.29 is 4.74 Å². The van der Waals surface area contributed by atoms with Crippen molar-refractivity contribution in [3.8, 4) is 5.88 Å². The first-order valence-electron chi connectivity index (χ1n) is 5.91. The summed E-state index contributed by atoms with van der Waals surface area (Å²) in [6.07, 6.45) is 1.72. The van der Waals surface area contributed by atoms with Gasteiger partial charge in [-0.2, -0.15) is 11.8 Å². The Morgan fingerprint density at radius 3 is 2.95 bits per heavy atom. The van der Waals surface area contributed by atoms with E-state index in [-0.39, 0.29) is 24.0 Å². The van der Waals surface area contributed by atoms with Crippen molar-refractivity contribution >= 4 is 41.7 Å². The van der Waals surface area contributed by atoms with E-state index in [2.05, 4.69) is 14.9 Å². The molecule has 1 aromatic rings. The van der Waals surface area contributed by atoms with E-state index in [9.17, 15) is 0 Å². The molecule has 0 unspecified atom stereocenters. The molecule has 2 N–H and O–H groups in total. The Morgan fingerprint density at radius 2 is 2.26 bits per heavy atom. The lowest BCUT2D eigenvalue weighted by molar-refractivity contribution is 0.397. The van der Waals surface area contributed by atoms with Gasteiger partial charge in [0.05, 0.1) is 13.7 Å². The molecule has 2 rings (SSSR count). The Bertz CT molecular complexity index is 424. The molecular weight excluding hydrogens is 375 g/mol. The summed E-state index contributed by atoms with van der Waals surface area (Å²) in [6.45, 7) is 2.54. The predicted octanol–water partition coefficient (Wildman–Crippen LogP) is 1.57. The third-order valence-corrected chi connectivity index (χ3v) is 3.71. The van der Waals surface area contributed by atoms with Gasteiger partial charge in [0.2, 0.25) is 5.88 Å². The molecule has 0 radical (unpaired) electrons. The number of nitrogens with two attached hydrogens (primary N) is 1. The summed E-state index contributed by atoms with van der Waals surface area (Å²) in [7, 11) is 1.61. The summed E-state index contributed by atoms with van der Waals surface area (Å²) >= 11 is 1.96. The van der Waals surface area contributed by atoms with Gasteiger partial charge in [0, 0.05) is 36.9 Å². The van der Waals surface area contributed by atoms with E-state index in [1.807, 2.05) is 23.9 Å². The number of aromatic nitrogens is 1. The molecule has 1 fully saturated rings. The number of ether oxygens (including phenoxy) is 1. The number of halogens is 1. The van der Waals surface area contributed by atoms with Crippen molar-refractivity contribution in [3.63, 3.8) is 0 Å². The van der Waals surface area contributed by atoms with E-state index >= 15 is 0 Å². The summed E-state index contributed by atoms with van der Waals surface area (Å²) in [5.74, 6) is 3.49. The van der Waals surface area contributed by atoms with Crippen LogP contribution in [0, 0.1) is 0 Å². The Balaban J connectivity index is 0.00000180. The quantitative estimate of drug-likeness (QED) is 0.479. The van der Waals surface area contributed by atoms with Crippen LogP contribution < -0.4 is 10.5 Å². The molecule has 0 bridgehead atoms. The third-order valence-electron chi connectivity index (χ3n) is 2.77. The van der Waals surface area contributed by atoms with Crippen molar-refractivity contribution in [3.05, 3.63) is 23.9 Å². The van der Waals surface area contributed by atoms with Crippen LogP contribution in [0.2, 0.25) is 0 Å². The van der Waals surface area contributed by atoms with E-state index < -0.39 is 0 Å². The zero-order valence-electron chi connectivity index (χ0n) is 10.9.